The summed E-state index contributed by atoms with van der Waals surface area (Å²) in [5, 5.41) is 9.35. The number of carbonyl (C=O) groups excluding carboxylic acids is 1. The number of carboxylic acids is 1. The SMILES string of the molecule is CN(C(=O)OCc1ccc(N)cc1)[C@H](CSSC(C)(C)C)C(=O)O. The van der Waals surface area contributed by atoms with Gasteiger partial charge in [0, 0.05) is 23.2 Å². The van der Waals surface area contributed by atoms with Gasteiger partial charge in [-0.25, -0.2) is 9.59 Å². The average molecular weight is 373 g/mol. The molecule has 1 atom stereocenters. The maximum atomic E-state index is 12.1. The molecule has 1 amide bonds. The van der Waals surface area contributed by atoms with Crippen LogP contribution < -0.4 is 5.73 Å². The number of nitrogens with two attached hydrogens (primary N) is 1. The molecule has 0 aliphatic heterocycles. The first-order valence-corrected chi connectivity index (χ1v) is 9.69. The Balaban J connectivity index is 2.55. The first-order valence-electron chi connectivity index (χ1n) is 7.37. The van der Waals surface area contributed by atoms with Gasteiger partial charge in [0.1, 0.15) is 12.6 Å². The summed E-state index contributed by atoms with van der Waals surface area (Å²) >= 11 is 0. The van der Waals surface area contributed by atoms with Gasteiger partial charge in [-0.2, -0.15) is 0 Å². The highest BCUT2D eigenvalue weighted by molar-refractivity contribution is 8.77. The van der Waals surface area contributed by atoms with Crippen molar-refractivity contribution in [2.24, 2.45) is 0 Å². The molecule has 1 aromatic rings. The summed E-state index contributed by atoms with van der Waals surface area (Å²) in [7, 11) is 4.45. The highest BCUT2D eigenvalue weighted by Crippen LogP contribution is 2.35. The zero-order valence-electron chi connectivity index (χ0n) is 14.3. The predicted molar refractivity (Wildman–Crippen MR) is 100 cm³/mol. The van der Waals surface area contributed by atoms with Crippen molar-refractivity contribution in [3.63, 3.8) is 0 Å². The van der Waals surface area contributed by atoms with Crippen LogP contribution in [0.15, 0.2) is 24.3 Å². The van der Waals surface area contributed by atoms with E-state index in [9.17, 15) is 14.7 Å². The van der Waals surface area contributed by atoms with Crippen molar-refractivity contribution in [3.05, 3.63) is 29.8 Å². The number of nitrogen functional groups attached to an aromatic ring is 1. The van der Waals surface area contributed by atoms with E-state index >= 15 is 0 Å². The summed E-state index contributed by atoms with van der Waals surface area (Å²) in [4.78, 5) is 24.6. The van der Waals surface area contributed by atoms with Crippen LogP contribution in [0.5, 0.6) is 0 Å². The Labute approximate surface area is 150 Å². The van der Waals surface area contributed by atoms with Crippen LogP contribution in [0, 0.1) is 0 Å². The molecular weight excluding hydrogens is 348 g/mol. The number of likely N-dealkylation sites (N-methyl/N-ethyl adjacent to an activating group) is 1. The number of carbonyl (C=O) groups is 2. The molecule has 0 fully saturated rings. The number of amides is 1. The Morgan fingerprint density at radius 1 is 1.29 bits per heavy atom. The fourth-order valence-corrected chi connectivity index (χ4v) is 4.18. The van der Waals surface area contributed by atoms with E-state index < -0.39 is 18.1 Å². The Hall–Kier alpha value is -1.54. The van der Waals surface area contributed by atoms with Crippen LogP contribution in [0.25, 0.3) is 0 Å². The number of benzene rings is 1. The van der Waals surface area contributed by atoms with Crippen LogP contribution in [-0.4, -0.2) is 45.7 Å². The molecule has 0 spiro atoms. The van der Waals surface area contributed by atoms with E-state index in [2.05, 4.69) is 0 Å². The zero-order chi connectivity index (χ0) is 18.3. The number of carboxylic acid groups (broad SMARTS) is 1. The van der Waals surface area contributed by atoms with Crippen LogP contribution in [0.3, 0.4) is 0 Å². The van der Waals surface area contributed by atoms with Gasteiger partial charge in [-0.1, -0.05) is 54.5 Å². The molecule has 8 heteroatoms. The van der Waals surface area contributed by atoms with Crippen LogP contribution in [0.2, 0.25) is 0 Å². The van der Waals surface area contributed by atoms with E-state index in [4.69, 9.17) is 10.5 Å². The molecule has 0 aromatic heterocycles. The lowest BCUT2D eigenvalue weighted by molar-refractivity contribution is -0.141. The largest absolute Gasteiger partial charge is 0.480 e. The number of aliphatic carboxylic acids is 1. The monoisotopic (exact) mass is 372 g/mol. The smallest absolute Gasteiger partial charge is 0.410 e. The molecule has 1 rings (SSSR count). The van der Waals surface area contributed by atoms with Crippen LogP contribution in [0.1, 0.15) is 26.3 Å². The van der Waals surface area contributed by atoms with Crippen molar-refractivity contribution >= 4 is 39.3 Å². The quantitative estimate of drug-likeness (QED) is 0.559. The van der Waals surface area contributed by atoms with Gasteiger partial charge in [0.15, 0.2) is 0 Å². The molecule has 1 aromatic carbocycles. The molecule has 0 aliphatic rings. The minimum atomic E-state index is -1.05. The summed E-state index contributed by atoms with van der Waals surface area (Å²) in [5.74, 6) is -0.769. The van der Waals surface area contributed by atoms with Crippen molar-refractivity contribution < 1.29 is 19.4 Å². The molecule has 0 radical (unpaired) electrons. The van der Waals surface area contributed by atoms with E-state index in [1.54, 1.807) is 35.1 Å². The third-order valence-electron chi connectivity index (χ3n) is 2.92. The zero-order valence-corrected chi connectivity index (χ0v) is 15.9. The van der Waals surface area contributed by atoms with Crippen LogP contribution in [-0.2, 0) is 16.1 Å². The van der Waals surface area contributed by atoms with Gasteiger partial charge in [-0.15, -0.1) is 0 Å². The highest BCUT2D eigenvalue weighted by atomic mass is 33.1. The van der Waals surface area contributed by atoms with E-state index in [0.717, 1.165) is 10.5 Å². The molecule has 0 bridgehead atoms. The maximum Gasteiger partial charge on any atom is 0.410 e. The predicted octanol–water partition coefficient (Wildman–Crippen LogP) is 3.47. The van der Waals surface area contributed by atoms with E-state index in [1.165, 1.54) is 17.8 Å². The molecule has 0 saturated heterocycles. The molecule has 134 valence electrons. The van der Waals surface area contributed by atoms with Gasteiger partial charge in [-0.3, -0.25) is 4.90 Å². The van der Waals surface area contributed by atoms with Crippen molar-refractivity contribution in [1.29, 1.82) is 0 Å². The number of hydrogen-bond donors (Lipinski definition) is 2. The van der Waals surface area contributed by atoms with E-state index in [1.807, 2.05) is 20.8 Å². The van der Waals surface area contributed by atoms with Crippen LogP contribution in [0.4, 0.5) is 10.5 Å². The molecule has 6 nitrogen and oxygen atoms in total. The number of hydrogen-bond acceptors (Lipinski definition) is 6. The minimum Gasteiger partial charge on any atom is -0.480 e. The lowest BCUT2D eigenvalue weighted by Crippen LogP contribution is -2.44. The number of nitrogens with zero attached hydrogens (tertiary/aromatic N) is 1. The van der Waals surface area contributed by atoms with Crippen molar-refractivity contribution in [2.45, 2.75) is 38.2 Å². The average Bonchev–Trinajstić information content (AvgIpc) is 2.48. The van der Waals surface area contributed by atoms with Gasteiger partial charge in [0.2, 0.25) is 0 Å². The second-order valence-corrected chi connectivity index (χ2v) is 9.41. The van der Waals surface area contributed by atoms with Gasteiger partial charge in [0.05, 0.1) is 0 Å². The Morgan fingerprint density at radius 3 is 2.38 bits per heavy atom. The normalized spacial score (nSPS) is 12.5. The molecule has 0 heterocycles. The van der Waals surface area contributed by atoms with Gasteiger partial charge >= 0.3 is 12.1 Å². The lowest BCUT2D eigenvalue weighted by Gasteiger charge is -2.25. The highest BCUT2D eigenvalue weighted by Gasteiger charge is 2.28. The fourth-order valence-electron chi connectivity index (χ4n) is 1.61. The van der Waals surface area contributed by atoms with E-state index in [0.29, 0.717) is 5.69 Å². The number of anilines is 1. The van der Waals surface area contributed by atoms with Gasteiger partial charge < -0.3 is 15.6 Å². The minimum absolute atomic E-state index is 0.0158. The molecule has 0 saturated carbocycles. The summed E-state index contributed by atoms with van der Waals surface area (Å²) < 4.78 is 5.19. The van der Waals surface area contributed by atoms with Crippen LogP contribution >= 0.6 is 21.6 Å². The molecule has 24 heavy (non-hydrogen) atoms. The topological polar surface area (TPSA) is 92.9 Å². The van der Waals surface area contributed by atoms with Gasteiger partial charge in [0.25, 0.3) is 0 Å². The summed E-state index contributed by atoms with van der Waals surface area (Å²) in [6.07, 6.45) is -0.666. The van der Waals surface area contributed by atoms with Crippen molar-refractivity contribution in [3.8, 4) is 0 Å². The molecular formula is C16H24N2O4S2. The first-order chi connectivity index (χ1) is 11.1. The molecule has 0 unspecified atom stereocenters. The third-order valence-corrected chi connectivity index (χ3v) is 6.25. The molecule has 0 aliphatic carbocycles. The summed E-state index contributed by atoms with van der Waals surface area (Å²) in [6, 6.07) is 6.00. The summed E-state index contributed by atoms with van der Waals surface area (Å²) in [6.45, 7) is 6.21. The Morgan fingerprint density at radius 2 is 1.88 bits per heavy atom. The standard InChI is InChI=1S/C16H24N2O4S2/c1-16(2,3)24-23-10-13(14(19)20)18(4)15(21)22-9-11-5-7-12(17)8-6-11/h5-8,13H,9-10,17H2,1-4H3,(H,19,20)/t13-/m1/s1. The second-order valence-electron chi connectivity index (χ2n) is 6.24. The maximum absolute atomic E-state index is 12.1. The number of ether oxygens (including phenoxy) is 1. The molecule has 3 N–H and O–H groups in total. The Kier molecular flexibility index (Phi) is 7.75. The van der Waals surface area contributed by atoms with Crippen molar-refractivity contribution in [1.82, 2.24) is 4.90 Å². The fraction of sp³-hybridized carbons (Fsp3) is 0.500. The van der Waals surface area contributed by atoms with E-state index in [-0.39, 0.29) is 17.1 Å². The van der Waals surface area contributed by atoms with Gasteiger partial charge in [-0.05, 0) is 17.7 Å². The first kappa shape index (κ1) is 20.5. The second kappa shape index (κ2) is 9.08. The Bertz CT molecular complexity index is 558. The lowest BCUT2D eigenvalue weighted by atomic mass is 10.2. The summed E-state index contributed by atoms with van der Waals surface area (Å²) in [5.41, 5.74) is 7.01. The third kappa shape index (κ3) is 7.35. The van der Waals surface area contributed by atoms with Crippen molar-refractivity contribution in [2.75, 3.05) is 18.5 Å². The number of rotatable bonds is 7.